The number of oxazole rings is 1. The van der Waals surface area contributed by atoms with Crippen LogP contribution in [0.25, 0.3) is 29.7 Å². The highest BCUT2D eigenvalue weighted by Crippen LogP contribution is 2.37. The molecule has 5 rings (SSSR count). The summed E-state index contributed by atoms with van der Waals surface area (Å²) in [4.78, 5) is 5.92. The molecule has 2 aromatic rings. The summed E-state index contributed by atoms with van der Waals surface area (Å²) in [5.74, 6) is 2.91. The standard InChI is InChI=1S/C26H26N2O2S/c27-21-6-4-5-9-25(21)31-16-17-10-12-18-14-20(23(29)15-19(18)13-11-17)26-28-22-7-2-1-3-8-24(22)30-26/h2-4,6-8,11,13-15,17,29H,1,5,9-10,12,16,27H2/t17-/m1/s1. The highest BCUT2D eigenvalue weighted by atomic mass is 32.2. The molecule has 0 bridgehead atoms. The van der Waals surface area contributed by atoms with Gasteiger partial charge in [0.2, 0.25) is 5.89 Å². The van der Waals surface area contributed by atoms with E-state index in [0.717, 1.165) is 60.6 Å². The summed E-state index contributed by atoms with van der Waals surface area (Å²) >= 11 is 1.88. The first-order valence-corrected chi connectivity index (χ1v) is 11.8. The van der Waals surface area contributed by atoms with Crippen LogP contribution in [0.1, 0.15) is 48.3 Å². The number of phenolic OH excluding ortho intramolecular Hbond substituents is 1. The van der Waals surface area contributed by atoms with E-state index in [4.69, 9.17) is 10.2 Å². The van der Waals surface area contributed by atoms with Crippen LogP contribution in [0.3, 0.4) is 0 Å². The molecule has 0 unspecified atom stereocenters. The Morgan fingerprint density at radius 1 is 1.10 bits per heavy atom. The summed E-state index contributed by atoms with van der Waals surface area (Å²) in [5, 5.41) is 10.7. The topological polar surface area (TPSA) is 72.3 Å². The summed E-state index contributed by atoms with van der Waals surface area (Å²) in [6.45, 7) is 0. The molecule has 158 valence electrons. The first kappa shape index (κ1) is 20.0. The van der Waals surface area contributed by atoms with E-state index in [9.17, 15) is 5.11 Å². The second-order valence-corrected chi connectivity index (χ2v) is 9.28. The van der Waals surface area contributed by atoms with Gasteiger partial charge in [-0.2, -0.15) is 0 Å². The van der Waals surface area contributed by atoms with Crippen molar-refractivity contribution in [3.8, 4) is 17.2 Å². The number of rotatable bonds is 4. The molecule has 3 N–H and O–H groups in total. The number of thioether (sulfide) groups is 1. The Balaban J connectivity index is 1.34. The molecule has 0 radical (unpaired) electrons. The minimum absolute atomic E-state index is 0.201. The van der Waals surface area contributed by atoms with Crippen molar-refractivity contribution in [2.45, 2.75) is 32.1 Å². The van der Waals surface area contributed by atoms with Gasteiger partial charge in [0.1, 0.15) is 11.4 Å². The highest BCUT2D eigenvalue weighted by molar-refractivity contribution is 8.03. The summed E-state index contributed by atoms with van der Waals surface area (Å²) < 4.78 is 5.96. The predicted molar refractivity (Wildman–Crippen MR) is 129 cm³/mol. The molecule has 0 spiro atoms. The van der Waals surface area contributed by atoms with E-state index in [-0.39, 0.29) is 5.75 Å². The summed E-state index contributed by atoms with van der Waals surface area (Å²) in [6.07, 6.45) is 21.6. The third kappa shape index (κ3) is 4.28. The second-order valence-electron chi connectivity index (χ2n) is 8.17. The SMILES string of the molecule is NC1=C(SC[C@H]2C=Cc3cc(O)c(-c4nc5c(o4)C=CCC=C5)cc3CC2)CCC=C1. The van der Waals surface area contributed by atoms with Gasteiger partial charge in [0.15, 0.2) is 5.76 Å². The Hall–Kier alpha value is -2.92. The number of allylic oxidation sites excluding steroid dienone is 6. The molecule has 0 saturated heterocycles. The number of aryl methyl sites for hydroxylation is 1. The van der Waals surface area contributed by atoms with Crippen molar-refractivity contribution < 1.29 is 9.52 Å². The molecule has 1 aromatic heterocycles. The summed E-state index contributed by atoms with van der Waals surface area (Å²) in [5.41, 5.74) is 10.8. The van der Waals surface area contributed by atoms with Gasteiger partial charge < -0.3 is 15.3 Å². The van der Waals surface area contributed by atoms with Crippen molar-refractivity contribution in [1.82, 2.24) is 4.98 Å². The Labute approximate surface area is 186 Å². The van der Waals surface area contributed by atoms with Crippen LogP contribution in [0.15, 0.2) is 57.5 Å². The number of aromatic hydroxyl groups is 1. The van der Waals surface area contributed by atoms with Gasteiger partial charge in [-0.1, -0.05) is 30.4 Å². The lowest BCUT2D eigenvalue weighted by Crippen LogP contribution is -2.05. The molecule has 1 atom stereocenters. The first-order chi connectivity index (χ1) is 15.2. The van der Waals surface area contributed by atoms with E-state index >= 15 is 0 Å². The van der Waals surface area contributed by atoms with E-state index in [1.165, 1.54) is 10.5 Å². The zero-order valence-corrected chi connectivity index (χ0v) is 18.2. The van der Waals surface area contributed by atoms with Crippen molar-refractivity contribution in [2.24, 2.45) is 11.7 Å². The number of nitrogens with two attached hydrogens (primary N) is 1. The van der Waals surface area contributed by atoms with Crippen LogP contribution in [0, 0.1) is 5.92 Å². The lowest BCUT2D eigenvalue weighted by Gasteiger charge is -2.15. The number of nitrogens with zero attached hydrogens (tertiary/aromatic N) is 1. The Kier molecular flexibility index (Phi) is 5.60. The van der Waals surface area contributed by atoms with Gasteiger partial charge in [0.25, 0.3) is 0 Å². The number of fused-ring (bicyclic) bond motifs is 2. The largest absolute Gasteiger partial charge is 0.507 e. The van der Waals surface area contributed by atoms with E-state index in [1.807, 2.05) is 48.2 Å². The van der Waals surface area contributed by atoms with Crippen LogP contribution in [-0.2, 0) is 6.42 Å². The van der Waals surface area contributed by atoms with Gasteiger partial charge in [0, 0.05) is 16.4 Å². The number of phenols is 1. The smallest absolute Gasteiger partial charge is 0.231 e. The maximum Gasteiger partial charge on any atom is 0.231 e. The normalized spacial score (nSPS) is 19.8. The van der Waals surface area contributed by atoms with Crippen LogP contribution in [0.5, 0.6) is 5.75 Å². The van der Waals surface area contributed by atoms with Gasteiger partial charge >= 0.3 is 0 Å². The van der Waals surface area contributed by atoms with Crippen molar-refractivity contribution in [2.75, 3.05) is 5.75 Å². The van der Waals surface area contributed by atoms with Crippen LogP contribution in [0.2, 0.25) is 0 Å². The minimum Gasteiger partial charge on any atom is -0.507 e. The first-order valence-electron chi connectivity index (χ1n) is 10.8. The average molecular weight is 431 g/mol. The number of aromatic nitrogens is 1. The van der Waals surface area contributed by atoms with Gasteiger partial charge in [-0.25, -0.2) is 4.98 Å². The van der Waals surface area contributed by atoms with Crippen LogP contribution in [-0.4, -0.2) is 15.8 Å². The molecule has 3 aliphatic carbocycles. The van der Waals surface area contributed by atoms with Crippen LogP contribution in [0.4, 0.5) is 0 Å². The molecule has 0 amide bonds. The number of hydrogen-bond acceptors (Lipinski definition) is 5. The quantitative estimate of drug-likeness (QED) is 0.595. The molecule has 0 aliphatic heterocycles. The van der Waals surface area contributed by atoms with Gasteiger partial charge in [0.05, 0.1) is 5.56 Å². The number of hydrogen-bond donors (Lipinski definition) is 2. The zero-order chi connectivity index (χ0) is 21.2. The fourth-order valence-corrected chi connectivity index (χ4v) is 5.35. The van der Waals surface area contributed by atoms with Crippen LogP contribution >= 0.6 is 11.8 Å². The molecule has 1 heterocycles. The summed E-state index contributed by atoms with van der Waals surface area (Å²) in [6, 6.07) is 3.87. The molecular weight excluding hydrogens is 404 g/mol. The van der Waals surface area contributed by atoms with Crippen LogP contribution < -0.4 is 5.73 Å². The molecule has 31 heavy (non-hydrogen) atoms. The fourth-order valence-electron chi connectivity index (χ4n) is 4.16. The predicted octanol–water partition coefficient (Wildman–Crippen LogP) is 6.31. The molecule has 3 aliphatic rings. The monoisotopic (exact) mass is 430 g/mol. The van der Waals surface area contributed by atoms with Gasteiger partial charge in [-0.05, 0) is 79.5 Å². The second kappa shape index (κ2) is 8.67. The van der Waals surface area contributed by atoms with Crippen molar-refractivity contribution in [3.63, 3.8) is 0 Å². The van der Waals surface area contributed by atoms with Gasteiger partial charge in [-0.15, -0.1) is 11.8 Å². The Bertz CT molecular complexity index is 1120. The van der Waals surface area contributed by atoms with Crippen molar-refractivity contribution >= 4 is 30.0 Å². The molecule has 4 nitrogen and oxygen atoms in total. The van der Waals surface area contributed by atoms with E-state index < -0.39 is 0 Å². The average Bonchev–Trinajstić information content (AvgIpc) is 2.92. The lowest BCUT2D eigenvalue weighted by atomic mass is 9.99. The lowest BCUT2D eigenvalue weighted by molar-refractivity contribution is 0.472. The maximum absolute atomic E-state index is 10.7. The molecule has 0 saturated carbocycles. The highest BCUT2D eigenvalue weighted by Gasteiger charge is 2.20. The van der Waals surface area contributed by atoms with Gasteiger partial charge in [-0.3, -0.25) is 0 Å². The molecule has 1 aromatic carbocycles. The third-order valence-corrected chi connectivity index (χ3v) is 7.33. The van der Waals surface area contributed by atoms with E-state index in [1.54, 1.807) is 0 Å². The van der Waals surface area contributed by atoms with Crippen molar-refractivity contribution in [3.05, 3.63) is 75.7 Å². The molecule has 5 heteroatoms. The zero-order valence-electron chi connectivity index (χ0n) is 17.4. The Morgan fingerprint density at radius 2 is 2.00 bits per heavy atom. The van der Waals surface area contributed by atoms with E-state index in [0.29, 0.717) is 17.4 Å². The fraction of sp³-hybridized carbons (Fsp3) is 0.269. The van der Waals surface area contributed by atoms with E-state index in [2.05, 4.69) is 29.3 Å². The summed E-state index contributed by atoms with van der Waals surface area (Å²) in [7, 11) is 0. The third-order valence-electron chi connectivity index (χ3n) is 5.95. The minimum atomic E-state index is 0.201. The molecular formula is C26H26N2O2S. The van der Waals surface area contributed by atoms with Crippen molar-refractivity contribution in [1.29, 1.82) is 0 Å². The Morgan fingerprint density at radius 3 is 2.90 bits per heavy atom. The number of benzene rings is 1. The molecule has 0 fully saturated rings. The maximum atomic E-state index is 10.7.